The summed E-state index contributed by atoms with van der Waals surface area (Å²) in [6.45, 7) is 1.08. The summed E-state index contributed by atoms with van der Waals surface area (Å²) in [6.07, 6.45) is -1.32. The van der Waals surface area contributed by atoms with Crippen molar-refractivity contribution in [1.29, 1.82) is 0 Å². The summed E-state index contributed by atoms with van der Waals surface area (Å²) in [5.74, 6) is -1.55. The molecule has 4 N–H and O–H groups in total. The van der Waals surface area contributed by atoms with Gasteiger partial charge >= 0.3 is 5.97 Å². The van der Waals surface area contributed by atoms with Crippen LogP contribution in [0, 0.1) is 0 Å². The van der Waals surface area contributed by atoms with Crippen LogP contribution in [0.4, 0.5) is 0 Å². The number of methoxy groups -OCH3 is 1. The van der Waals surface area contributed by atoms with Crippen molar-refractivity contribution < 1.29 is 24.5 Å². The monoisotopic (exact) mass is 255 g/mol. The van der Waals surface area contributed by atoms with Crippen molar-refractivity contribution in [3.05, 3.63) is 35.9 Å². The molecule has 0 aliphatic carbocycles. The molecule has 0 fully saturated rings. The zero-order valence-electron chi connectivity index (χ0n) is 10.2. The zero-order valence-corrected chi connectivity index (χ0v) is 10.2. The third-order valence-corrected chi connectivity index (χ3v) is 1.97. The van der Waals surface area contributed by atoms with Crippen molar-refractivity contribution in [2.45, 2.75) is 19.1 Å². The topological polar surface area (TPSA) is 110 Å². The van der Waals surface area contributed by atoms with E-state index in [4.69, 9.17) is 15.6 Å². The van der Waals surface area contributed by atoms with E-state index in [2.05, 4.69) is 4.74 Å². The van der Waals surface area contributed by atoms with Crippen LogP contribution in [0.1, 0.15) is 18.5 Å². The first-order chi connectivity index (χ1) is 8.40. The van der Waals surface area contributed by atoms with Gasteiger partial charge in [0, 0.05) is 6.92 Å². The van der Waals surface area contributed by atoms with Gasteiger partial charge in [-0.25, -0.2) is 4.79 Å². The molecule has 0 aromatic heterocycles. The quantitative estimate of drug-likeness (QED) is 0.670. The first-order valence-electron chi connectivity index (χ1n) is 5.16. The minimum absolute atomic E-state index is 0.699. The van der Waals surface area contributed by atoms with Crippen molar-refractivity contribution in [2.24, 2.45) is 5.73 Å². The van der Waals surface area contributed by atoms with E-state index in [1.165, 1.54) is 7.11 Å². The largest absolute Gasteiger partial charge is 0.481 e. The molecule has 2 unspecified atom stereocenters. The van der Waals surface area contributed by atoms with Crippen LogP contribution in [0.3, 0.4) is 0 Å². The van der Waals surface area contributed by atoms with Gasteiger partial charge in [0.15, 0.2) is 6.10 Å². The van der Waals surface area contributed by atoms with Crippen LogP contribution >= 0.6 is 0 Å². The number of rotatable bonds is 3. The Kier molecular flexibility index (Phi) is 7.34. The van der Waals surface area contributed by atoms with E-state index in [1.807, 2.05) is 6.07 Å². The Balaban J connectivity index is 0.000000631. The molecular weight excluding hydrogens is 238 g/mol. The molecule has 0 heterocycles. The second-order valence-corrected chi connectivity index (χ2v) is 3.42. The van der Waals surface area contributed by atoms with Crippen LogP contribution < -0.4 is 5.73 Å². The van der Waals surface area contributed by atoms with E-state index in [0.29, 0.717) is 5.56 Å². The summed E-state index contributed by atoms with van der Waals surface area (Å²) < 4.78 is 4.39. The van der Waals surface area contributed by atoms with Gasteiger partial charge in [0.05, 0.1) is 13.2 Å². The summed E-state index contributed by atoms with van der Waals surface area (Å²) in [5.41, 5.74) is 6.36. The Morgan fingerprint density at radius 1 is 1.28 bits per heavy atom. The number of aliphatic hydroxyl groups is 1. The molecule has 1 aromatic rings. The van der Waals surface area contributed by atoms with Gasteiger partial charge in [0.2, 0.25) is 0 Å². The summed E-state index contributed by atoms with van der Waals surface area (Å²) >= 11 is 0. The van der Waals surface area contributed by atoms with Crippen LogP contribution in [-0.2, 0) is 14.3 Å². The molecule has 6 nitrogen and oxygen atoms in total. The fourth-order valence-corrected chi connectivity index (χ4v) is 1.12. The Morgan fingerprint density at radius 2 is 1.72 bits per heavy atom. The molecule has 0 radical (unpaired) electrons. The average Bonchev–Trinajstić information content (AvgIpc) is 2.36. The van der Waals surface area contributed by atoms with Crippen LogP contribution in [0.25, 0.3) is 0 Å². The fourth-order valence-electron chi connectivity index (χ4n) is 1.12. The smallest absolute Gasteiger partial charge is 0.336 e. The highest BCUT2D eigenvalue weighted by Crippen LogP contribution is 2.14. The lowest BCUT2D eigenvalue weighted by atomic mass is 10.0. The number of esters is 1. The molecule has 0 bridgehead atoms. The number of ether oxygens (including phenoxy) is 1. The number of aliphatic carboxylic acids is 1. The standard InChI is InChI=1S/C10H13NO3.C2H4O2/c1-14-10(13)9(12)8(11)7-5-3-2-4-6-7;1-2(3)4/h2-6,8-9,12H,11H2,1H3;1H3,(H,3,4). The van der Waals surface area contributed by atoms with E-state index in [9.17, 15) is 9.90 Å². The lowest BCUT2D eigenvalue weighted by Crippen LogP contribution is -2.34. The number of hydrogen-bond acceptors (Lipinski definition) is 5. The van der Waals surface area contributed by atoms with E-state index in [1.54, 1.807) is 24.3 Å². The van der Waals surface area contributed by atoms with Gasteiger partial charge in [-0.15, -0.1) is 0 Å². The first-order valence-corrected chi connectivity index (χ1v) is 5.16. The van der Waals surface area contributed by atoms with Crippen LogP contribution in [0.2, 0.25) is 0 Å². The summed E-state index contributed by atoms with van der Waals surface area (Å²) in [6, 6.07) is 8.16. The van der Waals surface area contributed by atoms with Crippen molar-refractivity contribution >= 4 is 11.9 Å². The zero-order chi connectivity index (χ0) is 14.1. The molecule has 0 saturated carbocycles. The Morgan fingerprint density at radius 3 is 2.11 bits per heavy atom. The maximum absolute atomic E-state index is 11.0. The maximum Gasteiger partial charge on any atom is 0.336 e. The molecule has 100 valence electrons. The van der Waals surface area contributed by atoms with E-state index >= 15 is 0 Å². The first kappa shape index (κ1) is 16.1. The second kappa shape index (κ2) is 8.21. The Labute approximate surface area is 105 Å². The van der Waals surface area contributed by atoms with Gasteiger partial charge in [-0.1, -0.05) is 30.3 Å². The minimum atomic E-state index is -1.32. The van der Waals surface area contributed by atoms with Crippen molar-refractivity contribution in [3.8, 4) is 0 Å². The molecule has 1 rings (SSSR count). The Bertz CT molecular complexity index is 375. The van der Waals surface area contributed by atoms with Crippen LogP contribution in [-0.4, -0.2) is 35.4 Å². The van der Waals surface area contributed by atoms with Gasteiger partial charge in [0.1, 0.15) is 0 Å². The molecule has 6 heteroatoms. The van der Waals surface area contributed by atoms with Crippen LogP contribution in [0.5, 0.6) is 0 Å². The molecule has 2 atom stereocenters. The number of carboxylic acids is 1. The lowest BCUT2D eigenvalue weighted by Gasteiger charge is -2.16. The van der Waals surface area contributed by atoms with Crippen molar-refractivity contribution in [1.82, 2.24) is 0 Å². The third-order valence-electron chi connectivity index (χ3n) is 1.97. The highest BCUT2D eigenvalue weighted by atomic mass is 16.5. The SMILES string of the molecule is CC(=O)O.COC(=O)C(O)C(N)c1ccccc1. The highest BCUT2D eigenvalue weighted by Gasteiger charge is 2.24. The maximum atomic E-state index is 11.0. The highest BCUT2D eigenvalue weighted by molar-refractivity contribution is 5.75. The van der Waals surface area contributed by atoms with Crippen molar-refractivity contribution in [3.63, 3.8) is 0 Å². The molecule has 0 aliphatic heterocycles. The summed E-state index contributed by atoms with van der Waals surface area (Å²) in [5, 5.41) is 16.9. The molecule has 0 amide bonds. The van der Waals surface area contributed by atoms with E-state index in [-0.39, 0.29) is 0 Å². The van der Waals surface area contributed by atoms with Crippen molar-refractivity contribution in [2.75, 3.05) is 7.11 Å². The molecule has 0 spiro atoms. The second-order valence-electron chi connectivity index (χ2n) is 3.42. The summed E-state index contributed by atoms with van der Waals surface area (Å²) in [4.78, 5) is 20.0. The average molecular weight is 255 g/mol. The minimum Gasteiger partial charge on any atom is -0.481 e. The fraction of sp³-hybridized carbons (Fsp3) is 0.333. The van der Waals surface area contributed by atoms with Gasteiger partial charge in [-0.2, -0.15) is 0 Å². The number of benzene rings is 1. The van der Waals surface area contributed by atoms with Gasteiger partial charge in [-0.05, 0) is 5.56 Å². The molecule has 0 aliphatic rings. The van der Waals surface area contributed by atoms with Gasteiger partial charge < -0.3 is 20.7 Å². The number of carboxylic acid groups (broad SMARTS) is 1. The molecule has 18 heavy (non-hydrogen) atoms. The van der Waals surface area contributed by atoms with Crippen LogP contribution in [0.15, 0.2) is 30.3 Å². The molecular formula is C12H17NO5. The number of carbonyl (C=O) groups is 2. The normalized spacial score (nSPS) is 12.7. The number of carbonyl (C=O) groups excluding carboxylic acids is 1. The predicted octanol–water partition coefficient (Wildman–Crippen LogP) is 0.311. The lowest BCUT2D eigenvalue weighted by molar-refractivity contribution is -0.151. The van der Waals surface area contributed by atoms with E-state index < -0.39 is 24.1 Å². The Hall–Kier alpha value is -1.92. The predicted molar refractivity (Wildman–Crippen MR) is 64.7 cm³/mol. The number of aliphatic hydroxyl groups excluding tert-OH is 1. The van der Waals surface area contributed by atoms with Gasteiger partial charge in [0.25, 0.3) is 5.97 Å². The van der Waals surface area contributed by atoms with Gasteiger partial charge in [-0.3, -0.25) is 4.79 Å². The third kappa shape index (κ3) is 5.97. The number of nitrogens with two attached hydrogens (primary N) is 1. The molecule has 1 aromatic carbocycles. The number of hydrogen-bond donors (Lipinski definition) is 3. The summed E-state index contributed by atoms with van der Waals surface area (Å²) in [7, 11) is 1.21. The molecule has 0 saturated heterocycles. The van der Waals surface area contributed by atoms with E-state index in [0.717, 1.165) is 6.92 Å².